The predicted molar refractivity (Wildman–Crippen MR) is 78.9 cm³/mol. The van der Waals surface area contributed by atoms with Crippen LogP contribution in [0.1, 0.15) is 59.3 Å². The van der Waals surface area contributed by atoms with Crippen molar-refractivity contribution in [3.05, 3.63) is 0 Å². The molecule has 0 amide bonds. The van der Waals surface area contributed by atoms with Gasteiger partial charge in [-0.1, -0.05) is 20.8 Å². The zero-order chi connectivity index (χ0) is 13.0. The van der Waals surface area contributed by atoms with Crippen LogP contribution in [-0.2, 0) is 0 Å². The fourth-order valence-electron chi connectivity index (χ4n) is 3.21. The van der Waals surface area contributed by atoms with Crippen molar-refractivity contribution in [2.75, 3.05) is 19.6 Å². The van der Waals surface area contributed by atoms with E-state index in [0.717, 1.165) is 23.9 Å². The van der Waals surface area contributed by atoms with Crippen LogP contribution in [0.3, 0.4) is 0 Å². The maximum Gasteiger partial charge on any atom is 0.0110 e. The Hall–Kier alpha value is -0.0800. The first-order valence-corrected chi connectivity index (χ1v) is 8.12. The summed E-state index contributed by atoms with van der Waals surface area (Å²) >= 11 is 0. The lowest BCUT2D eigenvalue weighted by molar-refractivity contribution is 0.223. The number of hydrogen-bond donors (Lipinski definition) is 1. The topological polar surface area (TPSA) is 15.3 Å². The van der Waals surface area contributed by atoms with Gasteiger partial charge in [-0.15, -0.1) is 0 Å². The molecule has 0 aromatic carbocycles. The van der Waals surface area contributed by atoms with Gasteiger partial charge in [0.1, 0.15) is 0 Å². The van der Waals surface area contributed by atoms with Crippen LogP contribution in [0.2, 0.25) is 0 Å². The van der Waals surface area contributed by atoms with E-state index >= 15 is 0 Å². The second-order valence-corrected chi connectivity index (χ2v) is 7.03. The molecule has 2 heteroatoms. The molecule has 1 N–H and O–H groups in total. The highest BCUT2D eigenvalue weighted by atomic mass is 15.2. The summed E-state index contributed by atoms with van der Waals surface area (Å²) in [6, 6.07) is 1.72. The van der Waals surface area contributed by atoms with E-state index in [0.29, 0.717) is 0 Å². The summed E-state index contributed by atoms with van der Waals surface area (Å²) < 4.78 is 0. The van der Waals surface area contributed by atoms with Crippen LogP contribution in [0.5, 0.6) is 0 Å². The summed E-state index contributed by atoms with van der Waals surface area (Å²) in [5.41, 5.74) is 0. The van der Waals surface area contributed by atoms with Crippen LogP contribution in [0.25, 0.3) is 0 Å². The van der Waals surface area contributed by atoms with E-state index in [9.17, 15) is 0 Å². The van der Waals surface area contributed by atoms with E-state index in [2.05, 4.69) is 31.0 Å². The van der Waals surface area contributed by atoms with Crippen LogP contribution in [0, 0.1) is 11.8 Å². The van der Waals surface area contributed by atoms with Crippen LogP contribution < -0.4 is 5.32 Å². The largest absolute Gasteiger partial charge is 0.313 e. The van der Waals surface area contributed by atoms with E-state index in [1.54, 1.807) is 0 Å². The van der Waals surface area contributed by atoms with Gasteiger partial charge in [0.2, 0.25) is 0 Å². The van der Waals surface area contributed by atoms with Gasteiger partial charge >= 0.3 is 0 Å². The summed E-state index contributed by atoms with van der Waals surface area (Å²) in [6.45, 7) is 10.8. The lowest BCUT2D eigenvalue weighted by atomic mass is 9.87. The number of rotatable bonds is 7. The molecule has 0 aromatic rings. The summed E-state index contributed by atoms with van der Waals surface area (Å²) in [6.07, 6.45) is 8.52. The first kappa shape index (κ1) is 14.3. The highest BCUT2D eigenvalue weighted by Gasteiger charge is 2.28. The van der Waals surface area contributed by atoms with Crippen molar-refractivity contribution in [1.29, 1.82) is 0 Å². The van der Waals surface area contributed by atoms with Gasteiger partial charge < -0.3 is 5.32 Å². The van der Waals surface area contributed by atoms with E-state index in [1.165, 1.54) is 58.2 Å². The normalized spacial score (nSPS) is 29.2. The second-order valence-electron chi connectivity index (χ2n) is 7.03. The van der Waals surface area contributed by atoms with E-state index in [1.807, 2.05) is 0 Å². The van der Waals surface area contributed by atoms with Crippen molar-refractivity contribution in [2.24, 2.45) is 11.8 Å². The van der Waals surface area contributed by atoms with E-state index in [4.69, 9.17) is 0 Å². The summed E-state index contributed by atoms with van der Waals surface area (Å²) in [5, 5.41) is 3.79. The van der Waals surface area contributed by atoms with Gasteiger partial charge in [0.25, 0.3) is 0 Å². The molecular weight excluding hydrogens is 220 g/mol. The molecule has 2 nitrogen and oxygen atoms in total. The molecule has 0 aliphatic heterocycles. The molecule has 0 heterocycles. The average molecular weight is 252 g/mol. The average Bonchev–Trinajstić information content (AvgIpc) is 3.14. The third-order valence-electron chi connectivity index (χ3n) is 4.51. The molecule has 0 unspecified atom stereocenters. The first-order valence-electron chi connectivity index (χ1n) is 8.12. The Morgan fingerprint density at radius 3 is 2.28 bits per heavy atom. The zero-order valence-corrected chi connectivity index (χ0v) is 12.6. The Kier molecular flexibility index (Phi) is 5.50. The lowest BCUT2D eigenvalue weighted by Crippen LogP contribution is -2.40. The minimum Gasteiger partial charge on any atom is -0.313 e. The molecule has 18 heavy (non-hydrogen) atoms. The Labute approximate surface area is 114 Å². The Bertz CT molecular complexity index is 227. The molecule has 2 fully saturated rings. The third-order valence-corrected chi connectivity index (χ3v) is 4.51. The maximum atomic E-state index is 3.79. The smallest absolute Gasteiger partial charge is 0.0110 e. The number of hydrogen-bond acceptors (Lipinski definition) is 2. The Morgan fingerprint density at radius 2 is 1.72 bits per heavy atom. The number of nitrogens with one attached hydrogen (secondary N) is 1. The van der Waals surface area contributed by atoms with Gasteiger partial charge in [-0.2, -0.15) is 0 Å². The molecule has 2 aliphatic carbocycles. The molecule has 0 aromatic heterocycles. The van der Waals surface area contributed by atoms with Gasteiger partial charge in [-0.25, -0.2) is 0 Å². The third kappa shape index (κ3) is 4.89. The van der Waals surface area contributed by atoms with E-state index < -0.39 is 0 Å². The fraction of sp³-hybridized carbons (Fsp3) is 1.00. The molecule has 0 spiro atoms. The van der Waals surface area contributed by atoms with Crippen LogP contribution >= 0.6 is 0 Å². The number of nitrogens with zero attached hydrogens (tertiary/aromatic N) is 1. The second kappa shape index (κ2) is 6.91. The van der Waals surface area contributed by atoms with Crippen LogP contribution in [0.4, 0.5) is 0 Å². The van der Waals surface area contributed by atoms with Gasteiger partial charge in [0.05, 0.1) is 0 Å². The SMILES string of the molecule is CC(C)CN(CCNC1CCC(C)CC1)C1CC1. The zero-order valence-electron chi connectivity index (χ0n) is 12.6. The Balaban J connectivity index is 1.61. The standard InChI is InChI=1S/C16H32N2/c1-13(2)12-18(16-8-9-16)11-10-17-15-6-4-14(3)5-7-15/h13-17H,4-12H2,1-3H3. The van der Waals surface area contributed by atoms with Gasteiger partial charge in [-0.3, -0.25) is 4.90 Å². The summed E-state index contributed by atoms with van der Waals surface area (Å²) in [4.78, 5) is 2.71. The molecule has 2 aliphatic rings. The first-order chi connectivity index (χ1) is 8.65. The van der Waals surface area contributed by atoms with Crippen molar-refractivity contribution < 1.29 is 0 Å². The highest BCUT2D eigenvalue weighted by molar-refractivity contribution is 4.85. The van der Waals surface area contributed by atoms with Crippen molar-refractivity contribution in [2.45, 2.75) is 71.4 Å². The van der Waals surface area contributed by atoms with Gasteiger partial charge in [-0.05, 0) is 50.4 Å². The van der Waals surface area contributed by atoms with Crippen molar-refractivity contribution in [3.63, 3.8) is 0 Å². The van der Waals surface area contributed by atoms with Crippen molar-refractivity contribution in [1.82, 2.24) is 10.2 Å². The van der Waals surface area contributed by atoms with Crippen molar-refractivity contribution in [3.8, 4) is 0 Å². The molecular formula is C16H32N2. The monoisotopic (exact) mass is 252 g/mol. The molecule has 2 rings (SSSR count). The van der Waals surface area contributed by atoms with Gasteiger partial charge in [0, 0.05) is 31.7 Å². The molecule has 0 saturated heterocycles. The molecule has 0 bridgehead atoms. The van der Waals surface area contributed by atoms with Crippen molar-refractivity contribution >= 4 is 0 Å². The highest BCUT2D eigenvalue weighted by Crippen LogP contribution is 2.27. The molecule has 2 saturated carbocycles. The minimum absolute atomic E-state index is 0.807. The predicted octanol–water partition coefficient (Wildman–Crippen LogP) is 3.28. The summed E-state index contributed by atoms with van der Waals surface area (Å²) in [5.74, 6) is 1.77. The molecule has 106 valence electrons. The van der Waals surface area contributed by atoms with Gasteiger partial charge in [0.15, 0.2) is 0 Å². The van der Waals surface area contributed by atoms with Crippen LogP contribution in [-0.4, -0.2) is 36.6 Å². The minimum atomic E-state index is 0.807. The van der Waals surface area contributed by atoms with E-state index in [-0.39, 0.29) is 0 Å². The maximum absolute atomic E-state index is 3.79. The Morgan fingerprint density at radius 1 is 1.06 bits per heavy atom. The molecule has 0 radical (unpaired) electrons. The fourth-order valence-corrected chi connectivity index (χ4v) is 3.21. The molecule has 0 atom stereocenters. The summed E-state index contributed by atoms with van der Waals surface area (Å²) in [7, 11) is 0. The quantitative estimate of drug-likeness (QED) is 0.748. The van der Waals surface area contributed by atoms with Crippen LogP contribution in [0.15, 0.2) is 0 Å². The lowest BCUT2D eigenvalue weighted by Gasteiger charge is -2.29.